The van der Waals surface area contributed by atoms with Crippen LogP contribution in [0.5, 0.6) is 0 Å². The first-order chi connectivity index (χ1) is 11.0. The third-order valence-electron chi connectivity index (χ3n) is 3.18. The number of esters is 1. The van der Waals surface area contributed by atoms with Gasteiger partial charge < -0.3 is 4.74 Å². The fourth-order valence-electron chi connectivity index (χ4n) is 2.04. The van der Waals surface area contributed by atoms with Gasteiger partial charge in [-0.05, 0) is 29.3 Å². The molecule has 2 rings (SSSR count). The molecular formula is C16H16N2O4S. The molecule has 0 spiro atoms. The lowest BCUT2D eigenvalue weighted by Gasteiger charge is -2.07. The van der Waals surface area contributed by atoms with E-state index in [1.54, 1.807) is 24.3 Å². The summed E-state index contributed by atoms with van der Waals surface area (Å²) in [6, 6.07) is 14.1. The second-order valence-corrected chi connectivity index (χ2v) is 6.60. The Morgan fingerprint density at radius 3 is 2.65 bits per heavy atom. The number of hydrogen-bond donors (Lipinski definition) is 1. The van der Waals surface area contributed by atoms with E-state index in [-0.39, 0.29) is 24.5 Å². The van der Waals surface area contributed by atoms with Gasteiger partial charge in [-0.2, -0.15) is 5.26 Å². The summed E-state index contributed by atoms with van der Waals surface area (Å²) in [4.78, 5) is 11.4. The maximum absolute atomic E-state index is 12.2. The van der Waals surface area contributed by atoms with Crippen LogP contribution in [0.25, 0.3) is 10.8 Å². The lowest BCUT2D eigenvalue weighted by atomic mass is 10.1. The van der Waals surface area contributed by atoms with E-state index in [0.29, 0.717) is 6.42 Å². The minimum Gasteiger partial charge on any atom is -0.450 e. The standard InChI is InChI=1S/C16H16N2O4S/c17-9-11-22-16(19)6-3-10-18-23(20,21)15-8-7-13-4-1-2-5-14(13)12-15/h1-2,4-5,7-8,12,18H,3,6,10-11H2. The Labute approximate surface area is 134 Å². The summed E-state index contributed by atoms with van der Waals surface area (Å²) in [5.41, 5.74) is 0. The van der Waals surface area contributed by atoms with Crippen molar-refractivity contribution < 1.29 is 17.9 Å². The molecule has 0 heterocycles. The SMILES string of the molecule is N#CCOC(=O)CCCNS(=O)(=O)c1ccc2ccccc2c1. The number of ether oxygens (including phenoxy) is 1. The fourth-order valence-corrected chi connectivity index (χ4v) is 3.15. The molecule has 0 fully saturated rings. The number of nitriles is 1. The Bertz CT molecular complexity index is 841. The minimum absolute atomic E-state index is 0.0575. The number of benzene rings is 2. The average molecular weight is 332 g/mol. The van der Waals surface area contributed by atoms with Gasteiger partial charge in [-0.25, -0.2) is 13.1 Å². The van der Waals surface area contributed by atoms with Crippen LogP contribution in [0.1, 0.15) is 12.8 Å². The van der Waals surface area contributed by atoms with E-state index in [0.717, 1.165) is 10.8 Å². The molecule has 1 N–H and O–H groups in total. The summed E-state index contributed by atoms with van der Waals surface area (Å²) in [6.45, 7) is -0.168. The minimum atomic E-state index is -3.62. The molecule has 0 saturated heterocycles. The van der Waals surface area contributed by atoms with Crippen molar-refractivity contribution in [1.29, 1.82) is 5.26 Å². The first kappa shape index (κ1) is 16.9. The Hall–Kier alpha value is -2.43. The van der Waals surface area contributed by atoms with Crippen molar-refractivity contribution in [3.63, 3.8) is 0 Å². The van der Waals surface area contributed by atoms with E-state index < -0.39 is 16.0 Å². The van der Waals surface area contributed by atoms with Crippen molar-refractivity contribution in [2.45, 2.75) is 17.7 Å². The van der Waals surface area contributed by atoms with Gasteiger partial charge in [0.05, 0.1) is 4.90 Å². The molecule has 2 aromatic carbocycles. The molecule has 0 amide bonds. The zero-order valence-electron chi connectivity index (χ0n) is 12.4. The molecule has 0 aliphatic carbocycles. The molecule has 120 valence electrons. The zero-order chi connectivity index (χ0) is 16.7. The van der Waals surface area contributed by atoms with Crippen LogP contribution >= 0.6 is 0 Å². The Balaban J connectivity index is 1.93. The van der Waals surface area contributed by atoms with Gasteiger partial charge in [0.15, 0.2) is 6.61 Å². The molecule has 0 radical (unpaired) electrons. The molecular weight excluding hydrogens is 316 g/mol. The number of hydrogen-bond acceptors (Lipinski definition) is 5. The van der Waals surface area contributed by atoms with Crippen molar-refractivity contribution in [3.05, 3.63) is 42.5 Å². The molecule has 0 saturated carbocycles. The zero-order valence-corrected chi connectivity index (χ0v) is 13.2. The van der Waals surface area contributed by atoms with Gasteiger partial charge in [-0.15, -0.1) is 0 Å². The van der Waals surface area contributed by atoms with Gasteiger partial charge in [-0.3, -0.25) is 4.79 Å². The normalized spacial score (nSPS) is 11.1. The highest BCUT2D eigenvalue weighted by molar-refractivity contribution is 7.89. The molecule has 6 nitrogen and oxygen atoms in total. The van der Waals surface area contributed by atoms with E-state index in [1.807, 2.05) is 24.3 Å². The smallest absolute Gasteiger partial charge is 0.306 e. The molecule has 0 aliphatic rings. The summed E-state index contributed by atoms with van der Waals surface area (Å²) in [5.74, 6) is -0.517. The summed E-state index contributed by atoms with van der Waals surface area (Å²) in [6.07, 6.45) is 0.360. The Morgan fingerprint density at radius 2 is 1.91 bits per heavy atom. The molecule has 2 aromatic rings. The van der Waals surface area contributed by atoms with Crippen LogP contribution in [0.4, 0.5) is 0 Å². The number of fused-ring (bicyclic) bond motifs is 1. The van der Waals surface area contributed by atoms with E-state index in [1.165, 1.54) is 0 Å². The highest BCUT2D eigenvalue weighted by Gasteiger charge is 2.14. The summed E-state index contributed by atoms with van der Waals surface area (Å²) in [7, 11) is -3.62. The molecule has 0 aromatic heterocycles. The monoisotopic (exact) mass is 332 g/mol. The van der Waals surface area contributed by atoms with Crippen molar-refractivity contribution in [3.8, 4) is 6.07 Å². The molecule has 0 atom stereocenters. The van der Waals surface area contributed by atoms with Crippen LogP contribution < -0.4 is 4.72 Å². The number of carbonyl (C=O) groups excluding carboxylic acids is 1. The number of nitrogens with one attached hydrogen (secondary N) is 1. The van der Waals surface area contributed by atoms with Gasteiger partial charge in [0, 0.05) is 13.0 Å². The van der Waals surface area contributed by atoms with E-state index >= 15 is 0 Å². The van der Waals surface area contributed by atoms with Crippen LogP contribution in [0.15, 0.2) is 47.4 Å². The molecule has 23 heavy (non-hydrogen) atoms. The lowest BCUT2D eigenvalue weighted by molar-refractivity contribution is -0.142. The maximum atomic E-state index is 12.2. The predicted octanol–water partition coefficient (Wildman–Crippen LogP) is 1.97. The molecule has 0 bridgehead atoms. The van der Waals surface area contributed by atoms with Crippen molar-refractivity contribution in [2.75, 3.05) is 13.2 Å². The molecule has 0 aliphatic heterocycles. The van der Waals surface area contributed by atoms with Crippen LogP contribution in [0, 0.1) is 11.3 Å². The van der Waals surface area contributed by atoms with Gasteiger partial charge in [0.25, 0.3) is 0 Å². The predicted molar refractivity (Wildman–Crippen MR) is 84.9 cm³/mol. The Kier molecular flexibility index (Phi) is 5.68. The Morgan fingerprint density at radius 1 is 1.17 bits per heavy atom. The summed E-state index contributed by atoms with van der Waals surface area (Å²) in [5, 5.41) is 10.1. The number of rotatable bonds is 7. The number of nitrogens with zero attached hydrogens (tertiary/aromatic N) is 1. The topological polar surface area (TPSA) is 96.3 Å². The largest absolute Gasteiger partial charge is 0.450 e. The second-order valence-electron chi connectivity index (χ2n) is 4.83. The van der Waals surface area contributed by atoms with Crippen LogP contribution in [-0.2, 0) is 19.6 Å². The maximum Gasteiger partial charge on any atom is 0.306 e. The fraction of sp³-hybridized carbons (Fsp3) is 0.250. The van der Waals surface area contributed by atoms with E-state index in [9.17, 15) is 13.2 Å². The van der Waals surface area contributed by atoms with Crippen LogP contribution in [0.3, 0.4) is 0 Å². The van der Waals surface area contributed by atoms with Crippen molar-refractivity contribution in [1.82, 2.24) is 4.72 Å². The number of sulfonamides is 1. The van der Waals surface area contributed by atoms with Crippen molar-refractivity contribution >= 4 is 26.8 Å². The second kappa shape index (κ2) is 7.72. The van der Waals surface area contributed by atoms with Gasteiger partial charge >= 0.3 is 5.97 Å². The highest BCUT2D eigenvalue weighted by Crippen LogP contribution is 2.18. The number of carbonyl (C=O) groups is 1. The lowest BCUT2D eigenvalue weighted by Crippen LogP contribution is -2.25. The molecule has 0 unspecified atom stereocenters. The van der Waals surface area contributed by atoms with E-state index in [4.69, 9.17) is 5.26 Å². The quantitative estimate of drug-likeness (QED) is 0.617. The first-order valence-electron chi connectivity index (χ1n) is 7.04. The third-order valence-corrected chi connectivity index (χ3v) is 4.64. The average Bonchev–Trinajstić information content (AvgIpc) is 2.56. The van der Waals surface area contributed by atoms with Crippen LogP contribution in [0.2, 0.25) is 0 Å². The summed E-state index contributed by atoms with van der Waals surface area (Å²) < 4.78 is 31.5. The summed E-state index contributed by atoms with van der Waals surface area (Å²) >= 11 is 0. The van der Waals surface area contributed by atoms with Crippen LogP contribution in [-0.4, -0.2) is 27.5 Å². The van der Waals surface area contributed by atoms with E-state index in [2.05, 4.69) is 9.46 Å². The molecule has 7 heteroatoms. The van der Waals surface area contributed by atoms with Gasteiger partial charge in [0.1, 0.15) is 6.07 Å². The van der Waals surface area contributed by atoms with Gasteiger partial charge in [0.2, 0.25) is 10.0 Å². The first-order valence-corrected chi connectivity index (χ1v) is 8.52. The third kappa shape index (κ3) is 4.77. The van der Waals surface area contributed by atoms with Gasteiger partial charge in [-0.1, -0.05) is 30.3 Å². The highest BCUT2D eigenvalue weighted by atomic mass is 32.2. The van der Waals surface area contributed by atoms with Crippen molar-refractivity contribution in [2.24, 2.45) is 0 Å².